The molecule has 0 radical (unpaired) electrons. The van der Waals surface area contributed by atoms with Crippen molar-refractivity contribution in [2.45, 2.75) is 18.9 Å². The number of nitrogens with one attached hydrogen (secondary N) is 1. The quantitative estimate of drug-likeness (QED) is 0.883. The average Bonchev–Trinajstić information content (AvgIpc) is 2.59. The standard InChI is InChI=1S/C18H22N2O3S/c19-12-17(16-6-5-13-3-1-2-4-15(13)11-16)20-18(21)14-7-9-24(22,23)10-8-14/h1-6,11,14,17H,7-10,12,19H2,(H,20,21). The number of carbonyl (C=O) groups is 1. The van der Waals surface area contributed by atoms with Gasteiger partial charge in [-0.25, -0.2) is 8.42 Å². The highest BCUT2D eigenvalue weighted by molar-refractivity contribution is 7.91. The Morgan fingerprint density at radius 1 is 1.12 bits per heavy atom. The van der Waals surface area contributed by atoms with Gasteiger partial charge in [-0.1, -0.05) is 36.4 Å². The Balaban J connectivity index is 1.72. The van der Waals surface area contributed by atoms with Crippen molar-refractivity contribution in [1.29, 1.82) is 0 Å². The molecule has 0 aliphatic carbocycles. The normalized spacial score (nSPS) is 19.0. The summed E-state index contributed by atoms with van der Waals surface area (Å²) in [5.41, 5.74) is 6.82. The van der Waals surface area contributed by atoms with E-state index in [-0.39, 0.29) is 29.4 Å². The number of hydrogen-bond donors (Lipinski definition) is 2. The van der Waals surface area contributed by atoms with Crippen LogP contribution < -0.4 is 11.1 Å². The van der Waals surface area contributed by atoms with Crippen LogP contribution in [0.15, 0.2) is 42.5 Å². The Morgan fingerprint density at radius 2 is 1.79 bits per heavy atom. The van der Waals surface area contributed by atoms with Gasteiger partial charge in [0.2, 0.25) is 5.91 Å². The molecule has 0 aromatic heterocycles. The van der Waals surface area contributed by atoms with Crippen LogP contribution in [0.25, 0.3) is 10.8 Å². The maximum Gasteiger partial charge on any atom is 0.223 e. The molecular formula is C18H22N2O3S. The fraction of sp³-hybridized carbons (Fsp3) is 0.389. The SMILES string of the molecule is NCC(NC(=O)C1CCS(=O)(=O)CC1)c1ccc2ccccc2c1. The molecule has 6 heteroatoms. The molecule has 5 nitrogen and oxygen atoms in total. The Hall–Kier alpha value is -1.92. The summed E-state index contributed by atoms with van der Waals surface area (Å²) in [6.45, 7) is 0.301. The minimum atomic E-state index is -2.96. The molecule has 1 heterocycles. The van der Waals surface area contributed by atoms with E-state index < -0.39 is 9.84 Å². The summed E-state index contributed by atoms with van der Waals surface area (Å²) in [6, 6.07) is 13.8. The van der Waals surface area contributed by atoms with Crippen LogP contribution in [0.4, 0.5) is 0 Å². The first-order valence-corrected chi connectivity index (χ1v) is 10.0. The number of sulfone groups is 1. The predicted octanol–water partition coefficient (Wildman–Crippen LogP) is 1.78. The summed E-state index contributed by atoms with van der Waals surface area (Å²) in [6.07, 6.45) is 0.784. The zero-order valence-corrected chi connectivity index (χ0v) is 14.3. The smallest absolute Gasteiger partial charge is 0.223 e. The van der Waals surface area contributed by atoms with Gasteiger partial charge in [0.25, 0.3) is 0 Å². The van der Waals surface area contributed by atoms with Crippen LogP contribution in [0.3, 0.4) is 0 Å². The number of carbonyl (C=O) groups excluding carboxylic acids is 1. The summed E-state index contributed by atoms with van der Waals surface area (Å²) in [4.78, 5) is 12.5. The van der Waals surface area contributed by atoms with Crippen LogP contribution >= 0.6 is 0 Å². The molecule has 24 heavy (non-hydrogen) atoms. The lowest BCUT2D eigenvalue weighted by Crippen LogP contribution is -2.40. The first-order valence-electron chi connectivity index (χ1n) is 8.18. The topological polar surface area (TPSA) is 89.3 Å². The van der Waals surface area contributed by atoms with Gasteiger partial charge >= 0.3 is 0 Å². The fourth-order valence-electron chi connectivity index (χ4n) is 3.14. The molecule has 1 aliphatic rings. The third-order valence-electron chi connectivity index (χ3n) is 4.65. The Morgan fingerprint density at radius 3 is 2.46 bits per heavy atom. The van der Waals surface area contributed by atoms with E-state index in [1.807, 2.05) is 42.5 Å². The number of nitrogens with two attached hydrogens (primary N) is 1. The van der Waals surface area contributed by atoms with Gasteiger partial charge in [-0.2, -0.15) is 0 Å². The lowest BCUT2D eigenvalue weighted by molar-refractivity contribution is -0.125. The number of amides is 1. The third kappa shape index (κ3) is 3.76. The monoisotopic (exact) mass is 346 g/mol. The zero-order chi connectivity index (χ0) is 17.2. The molecule has 1 atom stereocenters. The lowest BCUT2D eigenvalue weighted by Gasteiger charge is -2.25. The molecule has 0 bridgehead atoms. The molecule has 3 rings (SSSR count). The molecule has 1 unspecified atom stereocenters. The average molecular weight is 346 g/mol. The summed E-state index contributed by atoms with van der Waals surface area (Å²) < 4.78 is 23.0. The van der Waals surface area contributed by atoms with E-state index in [0.29, 0.717) is 19.4 Å². The van der Waals surface area contributed by atoms with Gasteiger partial charge in [-0.05, 0) is 35.2 Å². The Bertz CT molecular complexity index is 834. The van der Waals surface area contributed by atoms with Crippen molar-refractivity contribution in [3.05, 3.63) is 48.0 Å². The van der Waals surface area contributed by atoms with Crippen molar-refractivity contribution in [3.8, 4) is 0 Å². The van der Waals surface area contributed by atoms with Crippen molar-refractivity contribution in [3.63, 3.8) is 0 Å². The van der Waals surface area contributed by atoms with Crippen molar-refractivity contribution in [1.82, 2.24) is 5.32 Å². The van der Waals surface area contributed by atoms with E-state index in [0.717, 1.165) is 16.3 Å². The third-order valence-corrected chi connectivity index (χ3v) is 6.37. The lowest BCUT2D eigenvalue weighted by atomic mass is 9.98. The Labute approximate surface area is 142 Å². The fourth-order valence-corrected chi connectivity index (χ4v) is 4.64. The van der Waals surface area contributed by atoms with Crippen LogP contribution in [-0.4, -0.2) is 32.4 Å². The van der Waals surface area contributed by atoms with Gasteiger partial charge < -0.3 is 11.1 Å². The minimum absolute atomic E-state index is 0.0916. The summed E-state index contributed by atoms with van der Waals surface area (Å²) in [7, 11) is -2.96. The van der Waals surface area contributed by atoms with Crippen molar-refractivity contribution in [2.24, 2.45) is 11.7 Å². The highest BCUT2D eigenvalue weighted by atomic mass is 32.2. The van der Waals surface area contributed by atoms with Crippen LogP contribution in [0.2, 0.25) is 0 Å². The first-order chi connectivity index (χ1) is 11.5. The van der Waals surface area contributed by atoms with Crippen molar-refractivity contribution < 1.29 is 13.2 Å². The highest BCUT2D eigenvalue weighted by Gasteiger charge is 2.29. The van der Waals surface area contributed by atoms with Crippen LogP contribution in [0.5, 0.6) is 0 Å². The zero-order valence-electron chi connectivity index (χ0n) is 13.4. The van der Waals surface area contributed by atoms with Crippen LogP contribution in [-0.2, 0) is 14.6 Å². The molecular weight excluding hydrogens is 324 g/mol. The molecule has 128 valence electrons. The Kier molecular flexibility index (Phi) is 4.87. The minimum Gasteiger partial charge on any atom is -0.348 e. The summed E-state index contributed by atoms with van der Waals surface area (Å²) in [5, 5.41) is 5.23. The summed E-state index contributed by atoms with van der Waals surface area (Å²) in [5.74, 6) is -0.167. The second-order valence-corrected chi connectivity index (χ2v) is 8.63. The number of benzene rings is 2. The number of hydrogen-bond acceptors (Lipinski definition) is 4. The highest BCUT2D eigenvalue weighted by Crippen LogP contribution is 2.23. The van der Waals surface area contributed by atoms with Gasteiger partial charge in [0, 0.05) is 12.5 Å². The summed E-state index contributed by atoms with van der Waals surface area (Å²) >= 11 is 0. The van der Waals surface area contributed by atoms with E-state index in [4.69, 9.17) is 5.73 Å². The molecule has 1 amide bonds. The van der Waals surface area contributed by atoms with Gasteiger partial charge in [-0.3, -0.25) is 4.79 Å². The van der Waals surface area contributed by atoms with E-state index in [9.17, 15) is 13.2 Å². The van der Waals surface area contributed by atoms with E-state index in [2.05, 4.69) is 5.32 Å². The van der Waals surface area contributed by atoms with Gasteiger partial charge in [-0.15, -0.1) is 0 Å². The van der Waals surface area contributed by atoms with Crippen LogP contribution in [0.1, 0.15) is 24.4 Å². The maximum atomic E-state index is 12.5. The largest absolute Gasteiger partial charge is 0.348 e. The van der Waals surface area contributed by atoms with Gasteiger partial charge in [0.05, 0.1) is 17.5 Å². The maximum absolute atomic E-state index is 12.5. The van der Waals surface area contributed by atoms with Gasteiger partial charge in [0.1, 0.15) is 9.84 Å². The predicted molar refractivity (Wildman–Crippen MR) is 95.3 cm³/mol. The number of rotatable bonds is 4. The molecule has 1 aliphatic heterocycles. The molecule has 0 saturated carbocycles. The molecule has 2 aromatic rings. The van der Waals surface area contributed by atoms with Gasteiger partial charge in [0.15, 0.2) is 0 Å². The van der Waals surface area contributed by atoms with E-state index in [1.165, 1.54) is 0 Å². The molecule has 1 saturated heterocycles. The van der Waals surface area contributed by atoms with Crippen molar-refractivity contribution >= 4 is 26.5 Å². The molecule has 0 spiro atoms. The molecule has 1 fully saturated rings. The molecule has 2 aromatic carbocycles. The van der Waals surface area contributed by atoms with Crippen molar-refractivity contribution in [2.75, 3.05) is 18.1 Å². The van der Waals surface area contributed by atoms with E-state index in [1.54, 1.807) is 0 Å². The second-order valence-electron chi connectivity index (χ2n) is 6.33. The van der Waals surface area contributed by atoms with E-state index >= 15 is 0 Å². The van der Waals surface area contributed by atoms with Crippen LogP contribution in [0, 0.1) is 5.92 Å². The molecule has 3 N–H and O–H groups in total. The number of fused-ring (bicyclic) bond motifs is 1. The first kappa shape index (κ1) is 16.9. The second kappa shape index (κ2) is 6.91.